The Hall–Kier alpha value is -3.44. The number of hydrogen-bond donors (Lipinski definition) is 1. The number of hydrogen-bond acceptors (Lipinski definition) is 5. The molecule has 0 spiro atoms. The SMILES string of the molecule is CCCNC(=O)[C@H](C)N(Cc1ccc(F)cc1)C(=O)CN(c1ccc(C)cc1)S(=O)(=O)c1ccc(OC)c(Br)c1. The summed E-state index contributed by atoms with van der Waals surface area (Å²) in [6, 6.07) is 15.8. The van der Waals surface area contributed by atoms with Crippen molar-refractivity contribution in [3.05, 3.63) is 88.1 Å². The average molecular weight is 635 g/mol. The van der Waals surface area contributed by atoms with Gasteiger partial charge in [-0.3, -0.25) is 13.9 Å². The lowest BCUT2D eigenvalue weighted by Gasteiger charge is -2.32. The van der Waals surface area contributed by atoms with Gasteiger partial charge in [0, 0.05) is 13.1 Å². The molecule has 0 bridgehead atoms. The number of amides is 2. The zero-order chi connectivity index (χ0) is 29.4. The lowest BCUT2D eigenvalue weighted by atomic mass is 10.1. The highest BCUT2D eigenvalue weighted by atomic mass is 79.9. The van der Waals surface area contributed by atoms with Crippen molar-refractivity contribution in [2.24, 2.45) is 0 Å². The number of nitrogens with one attached hydrogen (secondary N) is 1. The Morgan fingerprint density at radius 3 is 2.27 bits per heavy atom. The summed E-state index contributed by atoms with van der Waals surface area (Å²) in [6.45, 7) is 5.20. The minimum atomic E-state index is -4.23. The fraction of sp³-hybridized carbons (Fsp3) is 0.310. The Kier molecular flexibility index (Phi) is 10.7. The molecule has 0 radical (unpaired) electrons. The number of carbonyl (C=O) groups is 2. The number of nitrogens with zero attached hydrogens (tertiary/aromatic N) is 2. The number of methoxy groups -OCH3 is 1. The van der Waals surface area contributed by atoms with Crippen LogP contribution in [0.2, 0.25) is 0 Å². The highest BCUT2D eigenvalue weighted by molar-refractivity contribution is 9.10. The van der Waals surface area contributed by atoms with Crippen LogP contribution >= 0.6 is 15.9 Å². The van der Waals surface area contributed by atoms with Crippen LogP contribution in [0.25, 0.3) is 0 Å². The van der Waals surface area contributed by atoms with E-state index in [2.05, 4.69) is 21.2 Å². The van der Waals surface area contributed by atoms with E-state index in [1.165, 1.54) is 54.5 Å². The van der Waals surface area contributed by atoms with Gasteiger partial charge in [-0.15, -0.1) is 0 Å². The van der Waals surface area contributed by atoms with Crippen LogP contribution < -0.4 is 14.4 Å². The van der Waals surface area contributed by atoms with Gasteiger partial charge in [-0.05, 0) is 84.2 Å². The van der Waals surface area contributed by atoms with E-state index in [0.717, 1.165) is 9.87 Å². The molecule has 3 aromatic rings. The summed E-state index contributed by atoms with van der Waals surface area (Å²) in [4.78, 5) is 28.0. The first-order valence-corrected chi connectivity index (χ1v) is 15.0. The maximum atomic E-state index is 13.9. The van der Waals surface area contributed by atoms with Gasteiger partial charge in [0.25, 0.3) is 10.0 Å². The molecular weight excluding hydrogens is 601 g/mol. The molecule has 0 aliphatic rings. The first-order valence-electron chi connectivity index (χ1n) is 12.7. The van der Waals surface area contributed by atoms with Crippen molar-refractivity contribution in [1.29, 1.82) is 0 Å². The molecule has 0 fully saturated rings. The number of halogens is 2. The van der Waals surface area contributed by atoms with Gasteiger partial charge in [-0.25, -0.2) is 12.8 Å². The van der Waals surface area contributed by atoms with E-state index >= 15 is 0 Å². The first-order chi connectivity index (χ1) is 19.0. The van der Waals surface area contributed by atoms with E-state index in [1.807, 2.05) is 13.8 Å². The highest BCUT2D eigenvalue weighted by Crippen LogP contribution is 2.31. The molecule has 3 aromatic carbocycles. The van der Waals surface area contributed by atoms with E-state index in [4.69, 9.17) is 4.74 Å². The number of rotatable bonds is 12. The van der Waals surface area contributed by atoms with E-state index in [0.29, 0.717) is 28.8 Å². The molecule has 0 heterocycles. The van der Waals surface area contributed by atoms with Crippen LogP contribution in [0.3, 0.4) is 0 Å². The van der Waals surface area contributed by atoms with Crippen LogP contribution in [0.1, 0.15) is 31.4 Å². The Morgan fingerprint density at radius 2 is 1.70 bits per heavy atom. The third-order valence-corrected chi connectivity index (χ3v) is 8.68. The van der Waals surface area contributed by atoms with Crippen LogP contribution in [-0.2, 0) is 26.2 Å². The maximum Gasteiger partial charge on any atom is 0.264 e. The van der Waals surface area contributed by atoms with E-state index in [9.17, 15) is 22.4 Å². The molecule has 0 aliphatic heterocycles. The van der Waals surface area contributed by atoms with Gasteiger partial charge in [0.05, 0.1) is 22.2 Å². The van der Waals surface area contributed by atoms with Crippen molar-refractivity contribution in [1.82, 2.24) is 10.2 Å². The third-order valence-electron chi connectivity index (χ3n) is 6.29. The minimum Gasteiger partial charge on any atom is -0.496 e. The van der Waals surface area contributed by atoms with Crippen molar-refractivity contribution in [2.75, 3.05) is 24.5 Å². The molecule has 1 atom stereocenters. The fourth-order valence-electron chi connectivity index (χ4n) is 3.94. The van der Waals surface area contributed by atoms with Crippen LogP contribution in [0.4, 0.5) is 10.1 Å². The second-order valence-electron chi connectivity index (χ2n) is 9.26. The van der Waals surface area contributed by atoms with Gasteiger partial charge in [-0.1, -0.05) is 36.8 Å². The lowest BCUT2D eigenvalue weighted by Crippen LogP contribution is -2.51. The molecule has 3 rings (SSSR count). The second kappa shape index (κ2) is 13.8. The number of anilines is 1. The van der Waals surface area contributed by atoms with Crippen molar-refractivity contribution in [3.63, 3.8) is 0 Å². The Labute approximate surface area is 243 Å². The number of ether oxygens (including phenoxy) is 1. The predicted molar refractivity (Wildman–Crippen MR) is 156 cm³/mol. The second-order valence-corrected chi connectivity index (χ2v) is 12.0. The van der Waals surface area contributed by atoms with Gasteiger partial charge in [0.15, 0.2) is 0 Å². The molecule has 0 saturated heterocycles. The summed E-state index contributed by atoms with van der Waals surface area (Å²) in [5.74, 6) is -0.951. The van der Waals surface area contributed by atoms with Crippen LogP contribution in [0, 0.1) is 12.7 Å². The lowest BCUT2D eigenvalue weighted by molar-refractivity contribution is -0.139. The van der Waals surface area contributed by atoms with Gasteiger partial charge < -0.3 is 15.0 Å². The molecule has 214 valence electrons. The Balaban J connectivity index is 2.03. The molecule has 40 heavy (non-hydrogen) atoms. The number of aryl methyl sites for hydroxylation is 1. The summed E-state index contributed by atoms with van der Waals surface area (Å²) >= 11 is 3.33. The number of sulfonamides is 1. The van der Waals surface area contributed by atoms with E-state index < -0.39 is 34.3 Å². The summed E-state index contributed by atoms with van der Waals surface area (Å²) in [7, 11) is -2.76. The largest absolute Gasteiger partial charge is 0.496 e. The first kappa shape index (κ1) is 31.1. The molecule has 8 nitrogen and oxygen atoms in total. The smallest absolute Gasteiger partial charge is 0.264 e. The Morgan fingerprint density at radius 1 is 1.05 bits per heavy atom. The van der Waals surface area contributed by atoms with Gasteiger partial charge in [0.2, 0.25) is 11.8 Å². The average Bonchev–Trinajstić information content (AvgIpc) is 2.94. The minimum absolute atomic E-state index is 0.0182. The molecule has 1 N–H and O–H groups in total. The Bertz CT molecular complexity index is 1430. The van der Waals surface area contributed by atoms with Gasteiger partial charge >= 0.3 is 0 Å². The van der Waals surface area contributed by atoms with Crippen LogP contribution in [0.5, 0.6) is 5.75 Å². The van der Waals surface area contributed by atoms with Crippen molar-refractivity contribution < 1.29 is 27.1 Å². The summed E-state index contributed by atoms with van der Waals surface area (Å²) in [6.07, 6.45) is 0.710. The third kappa shape index (κ3) is 7.60. The topological polar surface area (TPSA) is 96.0 Å². The molecule has 0 aliphatic carbocycles. The van der Waals surface area contributed by atoms with E-state index in [-0.39, 0.29) is 23.0 Å². The van der Waals surface area contributed by atoms with Crippen molar-refractivity contribution in [2.45, 2.75) is 44.7 Å². The molecule has 0 aromatic heterocycles. The monoisotopic (exact) mass is 633 g/mol. The molecule has 2 amide bonds. The highest BCUT2D eigenvalue weighted by Gasteiger charge is 2.32. The van der Waals surface area contributed by atoms with Gasteiger partial charge in [-0.2, -0.15) is 0 Å². The molecule has 0 saturated carbocycles. The number of carbonyl (C=O) groups excluding carboxylic acids is 2. The van der Waals surface area contributed by atoms with E-state index in [1.54, 1.807) is 31.2 Å². The normalized spacial score (nSPS) is 11.9. The quantitative estimate of drug-likeness (QED) is 0.301. The summed E-state index contributed by atoms with van der Waals surface area (Å²) < 4.78 is 48.1. The van der Waals surface area contributed by atoms with Crippen LogP contribution in [0.15, 0.2) is 76.1 Å². The van der Waals surface area contributed by atoms with Crippen molar-refractivity contribution in [3.8, 4) is 5.75 Å². The fourth-order valence-corrected chi connectivity index (χ4v) is 6.07. The standard InChI is InChI=1S/C29H33BrFN3O5S/c1-5-16-32-29(36)21(3)33(18-22-8-10-23(31)11-9-22)28(35)19-34(24-12-6-20(2)7-13-24)40(37,38)25-14-15-27(39-4)26(30)17-25/h6-15,17,21H,5,16,18-19H2,1-4H3,(H,32,36)/t21-/m0/s1. The van der Waals surface area contributed by atoms with Crippen molar-refractivity contribution >= 4 is 43.5 Å². The molecule has 11 heteroatoms. The summed E-state index contributed by atoms with van der Waals surface area (Å²) in [5, 5.41) is 2.78. The van der Waals surface area contributed by atoms with Crippen LogP contribution in [-0.4, -0.2) is 51.4 Å². The number of benzene rings is 3. The molecular formula is C29H33BrFN3O5S. The summed E-state index contributed by atoms with van der Waals surface area (Å²) in [5.41, 5.74) is 1.79. The maximum absolute atomic E-state index is 13.9. The zero-order valence-electron chi connectivity index (χ0n) is 22.9. The van der Waals surface area contributed by atoms with Gasteiger partial charge in [0.1, 0.15) is 24.2 Å². The molecule has 0 unspecified atom stereocenters. The zero-order valence-corrected chi connectivity index (χ0v) is 25.3. The predicted octanol–water partition coefficient (Wildman–Crippen LogP) is 5.04.